The van der Waals surface area contributed by atoms with Gasteiger partial charge >= 0.3 is 0 Å². The maximum atomic E-state index is 9.98. The number of ether oxygens (including phenoxy) is 1. The highest BCUT2D eigenvalue weighted by molar-refractivity contribution is 6.33. The third-order valence-electron chi connectivity index (χ3n) is 8.60. The quantitative estimate of drug-likeness (QED) is 0.339. The fourth-order valence-electron chi connectivity index (χ4n) is 6.08. The number of hydrogen-bond acceptors (Lipinski definition) is 6. The number of anilines is 2. The van der Waals surface area contributed by atoms with Crippen molar-refractivity contribution in [3.05, 3.63) is 41.0 Å². The molecule has 206 valence electrons. The van der Waals surface area contributed by atoms with Crippen LogP contribution in [0.5, 0.6) is 0 Å². The standard InChI is InChI=1S/C31H44ClN5O/c1-4-25-26(7-5-8-29(25)36-22-31(21-33)14-6-17-38-18-15-31)27-19-30(35-20-28(27)32)34-16-13-23-9-11-24(12-10-23)37(2)3/h5,7-8,19-20,23-24,36H,4,6,9-18,22H2,1-3H3,(H,34,35). The van der Waals surface area contributed by atoms with Gasteiger partial charge in [0.05, 0.1) is 16.5 Å². The Morgan fingerprint density at radius 3 is 2.68 bits per heavy atom. The Morgan fingerprint density at radius 1 is 1.13 bits per heavy atom. The number of nitrogens with zero attached hydrogens (tertiary/aromatic N) is 3. The summed E-state index contributed by atoms with van der Waals surface area (Å²) in [7, 11) is 4.39. The first-order valence-electron chi connectivity index (χ1n) is 14.4. The van der Waals surface area contributed by atoms with E-state index in [2.05, 4.69) is 71.9 Å². The maximum absolute atomic E-state index is 9.98. The first kappa shape index (κ1) is 28.7. The minimum absolute atomic E-state index is 0.394. The second-order valence-electron chi connectivity index (χ2n) is 11.3. The molecule has 1 atom stereocenters. The van der Waals surface area contributed by atoms with Crippen LogP contribution in [0.3, 0.4) is 0 Å². The molecule has 4 rings (SSSR count). The van der Waals surface area contributed by atoms with Crippen LogP contribution in [0.1, 0.15) is 63.9 Å². The molecule has 1 aromatic carbocycles. The molecular weight excluding hydrogens is 494 g/mol. The van der Waals surface area contributed by atoms with Crippen LogP contribution in [0.2, 0.25) is 5.02 Å². The van der Waals surface area contributed by atoms with Gasteiger partial charge in [-0.25, -0.2) is 4.98 Å². The highest BCUT2D eigenvalue weighted by Gasteiger charge is 2.31. The molecule has 1 saturated carbocycles. The SMILES string of the molecule is CCc1c(NCC2(C#N)CCCOCC2)cccc1-c1cc(NCCC2CCC(N(C)C)CC2)ncc1Cl. The zero-order chi connectivity index (χ0) is 27.0. The molecule has 2 aromatic rings. The Balaban J connectivity index is 1.43. The summed E-state index contributed by atoms with van der Waals surface area (Å²) in [6, 6.07) is 11.7. The van der Waals surface area contributed by atoms with Crippen molar-refractivity contribution in [1.29, 1.82) is 5.26 Å². The zero-order valence-electron chi connectivity index (χ0n) is 23.4. The van der Waals surface area contributed by atoms with Crippen molar-refractivity contribution >= 4 is 23.1 Å². The molecule has 0 amide bonds. The smallest absolute Gasteiger partial charge is 0.126 e. The summed E-state index contributed by atoms with van der Waals surface area (Å²) >= 11 is 6.70. The molecule has 38 heavy (non-hydrogen) atoms. The number of aromatic nitrogens is 1. The predicted octanol–water partition coefficient (Wildman–Crippen LogP) is 7.01. The van der Waals surface area contributed by atoms with Crippen molar-refractivity contribution in [2.24, 2.45) is 11.3 Å². The fourth-order valence-corrected chi connectivity index (χ4v) is 6.29. The van der Waals surface area contributed by atoms with Crippen molar-refractivity contribution in [3.8, 4) is 17.2 Å². The molecule has 1 aromatic heterocycles. The molecule has 1 unspecified atom stereocenters. The number of nitriles is 1. The van der Waals surface area contributed by atoms with E-state index < -0.39 is 5.41 Å². The third-order valence-corrected chi connectivity index (χ3v) is 8.90. The zero-order valence-corrected chi connectivity index (χ0v) is 24.1. The first-order chi connectivity index (χ1) is 18.4. The van der Waals surface area contributed by atoms with Gasteiger partial charge in [0.15, 0.2) is 0 Å². The number of halogens is 1. The van der Waals surface area contributed by atoms with E-state index in [9.17, 15) is 5.26 Å². The fraction of sp³-hybridized carbons (Fsp3) is 0.613. The van der Waals surface area contributed by atoms with Crippen LogP contribution in [-0.4, -0.2) is 56.3 Å². The molecule has 1 saturated heterocycles. The van der Waals surface area contributed by atoms with Gasteiger partial charge in [0.1, 0.15) is 5.82 Å². The number of hydrogen-bond donors (Lipinski definition) is 2. The van der Waals surface area contributed by atoms with E-state index in [0.29, 0.717) is 18.2 Å². The van der Waals surface area contributed by atoms with Crippen LogP contribution in [0, 0.1) is 22.7 Å². The van der Waals surface area contributed by atoms with Gasteiger partial charge in [-0.05, 0) is 101 Å². The van der Waals surface area contributed by atoms with Gasteiger partial charge in [-0.3, -0.25) is 0 Å². The Kier molecular flexibility index (Phi) is 10.3. The summed E-state index contributed by atoms with van der Waals surface area (Å²) in [6.07, 6.45) is 11.6. The molecule has 0 bridgehead atoms. The summed E-state index contributed by atoms with van der Waals surface area (Å²) in [4.78, 5) is 6.95. The van der Waals surface area contributed by atoms with Crippen molar-refractivity contribution < 1.29 is 4.74 Å². The second-order valence-corrected chi connectivity index (χ2v) is 11.7. The van der Waals surface area contributed by atoms with E-state index in [0.717, 1.165) is 73.4 Å². The number of rotatable bonds is 10. The lowest BCUT2D eigenvalue weighted by atomic mass is 9.82. The number of nitrogens with one attached hydrogen (secondary N) is 2. The van der Waals surface area contributed by atoms with E-state index in [1.807, 2.05) is 0 Å². The Hall–Kier alpha value is -2.33. The van der Waals surface area contributed by atoms with Crippen LogP contribution in [-0.2, 0) is 11.2 Å². The highest BCUT2D eigenvalue weighted by atomic mass is 35.5. The molecule has 2 fully saturated rings. The van der Waals surface area contributed by atoms with E-state index in [4.69, 9.17) is 16.3 Å². The van der Waals surface area contributed by atoms with Crippen molar-refractivity contribution in [2.75, 3.05) is 51.0 Å². The van der Waals surface area contributed by atoms with Gasteiger partial charge in [-0.1, -0.05) is 30.7 Å². The number of pyridine rings is 1. The van der Waals surface area contributed by atoms with Crippen LogP contribution in [0.25, 0.3) is 11.1 Å². The second kappa shape index (κ2) is 13.6. The summed E-state index contributed by atoms with van der Waals surface area (Å²) in [5, 5.41) is 17.8. The van der Waals surface area contributed by atoms with Crippen LogP contribution in [0.15, 0.2) is 30.5 Å². The average Bonchev–Trinajstić information content (AvgIpc) is 3.19. The summed E-state index contributed by atoms with van der Waals surface area (Å²) in [5.74, 6) is 1.66. The van der Waals surface area contributed by atoms with E-state index in [-0.39, 0.29) is 0 Å². The predicted molar refractivity (Wildman–Crippen MR) is 158 cm³/mol. The van der Waals surface area contributed by atoms with Gasteiger partial charge < -0.3 is 20.3 Å². The normalized spacial score (nSPS) is 24.0. The topological polar surface area (TPSA) is 73.2 Å². The molecular formula is C31H44ClN5O. The van der Waals surface area contributed by atoms with Crippen molar-refractivity contribution in [3.63, 3.8) is 0 Å². The van der Waals surface area contributed by atoms with Crippen molar-refractivity contribution in [2.45, 2.75) is 70.8 Å². The molecule has 1 aliphatic carbocycles. The Bertz CT molecular complexity index is 1080. The highest BCUT2D eigenvalue weighted by Crippen LogP contribution is 2.37. The van der Waals surface area contributed by atoms with Crippen LogP contribution < -0.4 is 10.6 Å². The van der Waals surface area contributed by atoms with E-state index in [1.54, 1.807) is 6.20 Å². The Morgan fingerprint density at radius 2 is 1.95 bits per heavy atom. The van der Waals surface area contributed by atoms with E-state index in [1.165, 1.54) is 37.7 Å². The molecule has 0 spiro atoms. The van der Waals surface area contributed by atoms with Gasteiger partial charge in [-0.15, -0.1) is 0 Å². The third kappa shape index (κ3) is 7.20. The molecule has 2 N–H and O–H groups in total. The minimum atomic E-state index is -0.394. The molecule has 6 nitrogen and oxygen atoms in total. The molecule has 7 heteroatoms. The van der Waals surface area contributed by atoms with Gasteiger partial charge in [0.2, 0.25) is 0 Å². The first-order valence-corrected chi connectivity index (χ1v) is 14.7. The average molecular weight is 538 g/mol. The summed E-state index contributed by atoms with van der Waals surface area (Å²) < 4.78 is 5.62. The van der Waals surface area contributed by atoms with Gasteiger partial charge in [0, 0.05) is 49.8 Å². The largest absolute Gasteiger partial charge is 0.383 e. The lowest BCUT2D eigenvalue weighted by Gasteiger charge is -2.32. The van der Waals surface area contributed by atoms with Crippen molar-refractivity contribution in [1.82, 2.24) is 9.88 Å². The lowest BCUT2D eigenvalue weighted by molar-refractivity contribution is 0.138. The lowest BCUT2D eigenvalue weighted by Crippen LogP contribution is -2.32. The van der Waals surface area contributed by atoms with E-state index >= 15 is 0 Å². The van der Waals surface area contributed by atoms with Crippen LogP contribution in [0.4, 0.5) is 11.5 Å². The minimum Gasteiger partial charge on any atom is -0.383 e. The van der Waals surface area contributed by atoms with Crippen LogP contribution >= 0.6 is 11.6 Å². The molecule has 2 heterocycles. The monoisotopic (exact) mass is 537 g/mol. The molecule has 2 aliphatic rings. The maximum Gasteiger partial charge on any atom is 0.126 e. The summed E-state index contributed by atoms with van der Waals surface area (Å²) in [5.41, 5.74) is 4.00. The number of benzene rings is 1. The molecule has 1 aliphatic heterocycles. The molecule has 0 radical (unpaired) electrons. The van der Waals surface area contributed by atoms with Gasteiger partial charge in [0.25, 0.3) is 0 Å². The summed E-state index contributed by atoms with van der Waals surface area (Å²) in [6.45, 7) is 5.11. The van der Waals surface area contributed by atoms with Gasteiger partial charge in [-0.2, -0.15) is 5.26 Å². The Labute approximate surface area is 234 Å².